The van der Waals surface area contributed by atoms with Crippen molar-refractivity contribution in [1.29, 1.82) is 0 Å². The normalized spacial score (nSPS) is 12.5. The van der Waals surface area contributed by atoms with E-state index >= 15 is 0 Å². The highest BCUT2D eigenvalue weighted by atomic mass is 16.4. The van der Waals surface area contributed by atoms with Crippen molar-refractivity contribution in [3.63, 3.8) is 0 Å². The van der Waals surface area contributed by atoms with Crippen molar-refractivity contribution < 1.29 is 19.8 Å². The molecule has 4 N–H and O–H groups in total. The molecule has 5 aromatic rings. The van der Waals surface area contributed by atoms with E-state index in [1.54, 1.807) is 28.9 Å². The molecule has 12 nitrogen and oxygen atoms in total. The van der Waals surface area contributed by atoms with Gasteiger partial charge in [-0.05, 0) is 52.1 Å². The van der Waals surface area contributed by atoms with Crippen LogP contribution < -0.4 is 11.0 Å². The molecule has 12 heteroatoms. The molecule has 5 rings (SSSR count). The average Bonchev–Trinajstić information content (AvgIpc) is 3.63. The highest BCUT2D eigenvalue weighted by molar-refractivity contribution is 5.93. The first-order valence-electron chi connectivity index (χ1n) is 13.9. The molecule has 2 aromatic heterocycles. The van der Waals surface area contributed by atoms with E-state index in [1.165, 1.54) is 4.68 Å². The van der Waals surface area contributed by atoms with Gasteiger partial charge in [0.2, 0.25) is 0 Å². The monoisotopic (exact) mass is 581 g/mol. The van der Waals surface area contributed by atoms with Crippen molar-refractivity contribution in [2.45, 2.75) is 44.9 Å². The zero-order chi connectivity index (χ0) is 30.3. The number of carboxylic acids is 1. The Labute approximate surface area is 246 Å². The molecule has 2 atom stereocenters. The number of amides is 1. The fourth-order valence-corrected chi connectivity index (χ4v) is 4.91. The molecule has 0 aliphatic heterocycles. The minimum atomic E-state index is -1.78. The first-order chi connectivity index (χ1) is 20.8. The van der Waals surface area contributed by atoms with Crippen molar-refractivity contribution in [1.82, 2.24) is 35.3 Å². The minimum Gasteiger partial charge on any atom is -0.479 e. The van der Waals surface area contributed by atoms with Crippen molar-refractivity contribution in [3.05, 3.63) is 118 Å². The standard InChI is InChI=1S/C31H31N7O5/c1-2-8-23-18-26(29(40)32-25(28(39)30(41)42)17-20-9-4-3-5-10-20)34-37(23)19-21-13-15-22(16-14-21)24-11-6-7-12-27(24)38-31(43)33-35-36-38/h3-7,9-16,18,25,28,39H,2,8,17,19H2,1H3,(H,32,40)(H,41,42)(H,33,36,43). The van der Waals surface area contributed by atoms with Crippen molar-refractivity contribution in [2.75, 3.05) is 0 Å². The van der Waals surface area contributed by atoms with Gasteiger partial charge in [0.1, 0.15) is 5.69 Å². The van der Waals surface area contributed by atoms with Crippen LogP contribution in [0.25, 0.3) is 16.8 Å². The Kier molecular flexibility index (Phi) is 8.87. The fraction of sp³-hybridized carbons (Fsp3) is 0.226. The van der Waals surface area contributed by atoms with Gasteiger partial charge in [0.25, 0.3) is 5.91 Å². The number of tetrazole rings is 1. The molecular weight excluding hydrogens is 550 g/mol. The largest absolute Gasteiger partial charge is 0.479 e. The second kappa shape index (κ2) is 13.1. The number of para-hydroxylation sites is 1. The van der Waals surface area contributed by atoms with Gasteiger partial charge in [0, 0.05) is 11.3 Å². The van der Waals surface area contributed by atoms with Crippen LogP contribution in [0.5, 0.6) is 0 Å². The lowest BCUT2D eigenvalue weighted by atomic mass is 10.0. The van der Waals surface area contributed by atoms with Crippen LogP contribution in [0, 0.1) is 0 Å². The van der Waals surface area contributed by atoms with E-state index in [-0.39, 0.29) is 12.1 Å². The number of rotatable bonds is 12. The third kappa shape index (κ3) is 6.76. The summed E-state index contributed by atoms with van der Waals surface area (Å²) in [7, 11) is 0. The molecule has 2 unspecified atom stereocenters. The molecule has 0 radical (unpaired) electrons. The Morgan fingerprint density at radius 3 is 2.37 bits per heavy atom. The van der Waals surface area contributed by atoms with E-state index in [0.29, 0.717) is 18.7 Å². The number of aliphatic carboxylic acids is 1. The van der Waals surface area contributed by atoms with E-state index in [1.807, 2.05) is 67.6 Å². The summed E-state index contributed by atoms with van der Waals surface area (Å²) < 4.78 is 2.96. The molecule has 0 spiro atoms. The number of carbonyl (C=O) groups is 2. The molecule has 0 saturated heterocycles. The maximum atomic E-state index is 13.2. The number of carboxylic acid groups (broad SMARTS) is 1. The summed E-state index contributed by atoms with van der Waals surface area (Å²) in [5.74, 6) is -1.98. The maximum Gasteiger partial charge on any atom is 0.365 e. The number of benzene rings is 3. The van der Waals surface area contributed by atoms with Gasteiger partial charge < -0.3 is 15.5 Å². The highest BCUT2D eigenvalue weighted by Crippen LogP contribution is 2.26. The van der Waals surface area contributed by atoms with Gasteiger partial charge in [0.15, 0.2) is 6.10 Å². The van der Waals surface area contributed by atoms with Crippen molar-refractivity contribution in [3.8, 4) is 16.8 Å². The van der Waals surface area contributed by atoms with Crippen LogP contribution in [0.4, 0.5) is 0 Å². The van der Waals surface area contributed by atoms with Crippen LogP contribution in [0.3, 0.4) is 0 Å². The number of hydrogen-bond acceptors (Lipinski definition) is 7. The molecule has 0 aliphatic carbocycles. The number of aliphatic hydroxyl groups is 1. The second-order valence-electron chi connectivity index (χ2n) is 10.1. The summed E-state index contributed by atoms with van der Waals surface area (Å²) in [5, 5.41) is 36.7. The first kappa shape index (κ1) is 29.1. The van der Waals surface area contributed by atoms with Crippen LogP contribution in [0.2, 0.25) is 0 Å². The Morgan fingerprint density at radius 2 is 1.70 bits per heavy atom. The zero-order valence-corrected chi connectivity index (χ0v) is 23.4. The molecule has 0 saturated carbocycles. The topological polar surface area (TPSA) is 168 Å². The minimum absolute atomic E-state index is 0.141. The van der Waals surface area contributed by atoms with Gasteiger partial charge in [0.05, 0.1) is 18.3 Å². The fourth-order valence-electron chi connectivity index (χ4n) is 4.91. The van der Waals surface area contributed by atoms with Gasteiger partial charge in [-0.3, -0.25) is 9.48 Å². The van der Waals surface area contributed by atoms with E-state index in [2.05, 4.69) is 25.9 Å². The van der Waals surface area contributed by atoms with Crippen LogP contribution in [0.1, 0.15) is 40.7 Å². The number of H-pyrrole nitrogens is 1. The summed E-state index contributed by atoms with van der Waals surface area (Å²) in [5.41, 5.74) is 4.57. The number of aliphatic hydroxyl groups excluding tert-OH is 1. The number of hydrogen-bond donors (Lipinski definition) is 4. The molecule has 3 aromatic carbocycles. The van der Waals surface area contributed by atoms with E-state index in [4.69, 9.17) is 0 Å². The summed E-state index contributed by atoms with van der Waals surface area (Å²) in [6.45, 7) is 2.43. The van der Waals surface area contributed by atoms with Gasteiger partial charge >= 0.3 is 11.7 Å². The summed E-state index contributed by atoms with van der Waals surface area (Å²) in [6, 6.07) is 24.9. The van der Waals surface area contributed by atoms with Crippen LogP contribution in [0.15, 0.2) is 89.7 Å². The maximum absolute atomic E-state index is 13.2. The summed E-state index contributed by atoms with van der Waals surface area (Å²) >= 11 is 0. The van der Waals surface area contributed by atoms with Gasteiger partial charge in [-0.25, -0.2) is 14.7 Å². The molecule has 1 amide bonds. The Hall–Kier alpha value is -5.36. The lowest BCUT2D eigenvalue weighted by molar-refractivity contribution is -0.148. The third-order valence-corrected chi connectivity index (χ3v) is 7.05. The number of aryl methyl sites for hydroxylation is 1. The first-order valence-corrected chi connectivity index (χ1v) is 13.9. The molecule has 2 heterocycles. The van der Waals surface area contributed by atoms with Gasteiger partial charge in [-0.2, -0.15) is 9.78 Å². The highest BCUT2D eigenvalue weighted by Gasteiger charge is 2.29. The summed E-state index contributed by atoms with van der Waals surface area (Å²) in [4.78, 5) is 36.9. The van der Waals surface area contributed by atoms with Gasteiger partial charge in [-0.15, -0.1) is 0 Å². The number of nitrogens with one attached hydrogen (secondary N) is 2. The number of aromatic nitrogens is 6. The molecule has 0 fully saturated rings. The van der Waals surface area contributed by atoms with E-state index in [9.17, 15) is 24.6 Å². The van der Waals surface area contributed by atoms with Crippen molar-refractivity contribution >= 4 is 11.9 Å². The molecule has 0 bridgehead atoms. The average molecular weight is 582 g/mol. The smallest absolute Gasteiger partial charge is 0.365 e. The molecule has 43 heavy (non-hydrogen) atoms. The number of aromatic amines is 1. The molecule has 0 aliphatic rings. The Balaban J connectivity index is 1.35. The van der Waals surface area contributed by atoms with Gasteiger partial charge in [-0.1, -0.05) is 86.1 Å². The Morgan fingerprint density at radius 1 is 0.977 bits per heavy atom. The number of carbonyl (C=O) groups excluding carboxylic acids is 1. The lowest BCUT2D eigenvalue weighted by Gasteiger charge is -2.21. The zero-order valence-electron chi connectivity index (χ0n) is 23.4. The van der Waals surface area contributed by atoms with E-state index in [0.717, 1.165) is 34.4 Å². The molecule has 220 valence electrons. The predicted molar refractivity (Wildman–Crippen MR) is 158 cm³/mol. The summed E-state index contributed by atoms with van der Waals surface area (Å²) in [6.07, 6.45) is -0.127. The van der Waals surface area contributed by atoms with Crippen LogP contribution in [-0.4, -0.2) is 64.2 Å². The van der Waals surface area contributed by atoms with Crippen LogP contribution >= 0.6 is 0 Å². The third-order valence-electron chi connectivity index (χ3n) is 7.05. The SMILES string of the molecule is CCCc1cc(C(=O)NC(Cc2ccccc2)C(O)C(=O)O)nn1Cc1ccc(-c2ccccc2-n2nn[nH]c2=O)cc1. The van der Waals surface area contributed by atoms with Crippen molar-refractivity contribution in [2.24, 2.45) is 0 Å². The predicted octanol–water partition coefficient (Wildman–Crippen LogP) is 2.61. The quantitative estimate of drug-likeness (QED) is 0.174. The van der Waals surface area contributed by atoms with E-state index < -0.39 is 29.7 Å². The second-order valence-corrected chi connectivity index (χ2v) is 10.1. The lowest BCUT2D eigenvalue weighted by Crippen LogP contribution is -2.48. The number of nitrogens with zero attached hydrogens (tertiary/aromatic N) is 5. The molecular formula is C31H31N7O5. The van der Waals surface area contributed by atoms with Crippen LogP contribution in [-0.2, 0) is 24.2 Å². The Bertz CT molecular complexity index is 1760.